The van der Waals surface area contributed by atoms with Gasteiger partial charge in [0.05, 0.1) is 45.5 Å². The predicted octanol–water partition coefficient (Wildman–Crippen LogP) is 4.42. The fraction of sp³-hybridized carbons (Fsp3) is 0.440. The molecule has 0 bridgehead atoms. The van der Waals surface area contributed by atoms with Crippen molar-refractivity contribution in [1.82, 2.24) is 14.1 Å². The monoisotopic (exact) mass is 605 g/mol. The molecule has 0 radical (unpaired) electrons. The number of aliphatic carboxylic acids is 1. The number of fused-ring (bicyclic) bond motifs is 1. The molecule has 2 atom stereocenters. The summed E-state index contributed by atoms with van der Waals surface area (Å²) in [5, 5.41) is 13.2. The molecule has 9 nitrogen and oxygen atoms in total. The third kappa shape index (κ3) is 5.86. The van der Waals surface area contributed by atoms with Crippen LogP contribution in [0.4, 0.5) is 17.6 Å². The molecule has 1 N–H and O–H groups in total. The molecule has 2 aliphatic rings. The maximum absolute atomic E-state index is 14.1. The first-order valence-electron chi connectivity index (χ1n) is 12.2. The van der Waals surface area contributed by atoms with Crippen LogP contribution in [0.5, 0.6) is 0 Å². The van der Waals surface area contributed by atoms with E-state index in [0.717, 1.165) is 22.5 Å². The summed E-state index contributed by atoms with van der Waals surface area (Å²) in [7, 11) is -8.11. The van der Waals surface area contributed by atoms with Crippen LogP contribution in [0.25, 0.3) is 0 Å². The first-order chi connectivity index (χ1) is 18.4. The van der Waals surface area contributed by atoms with Crippen molar-refractivity contribution in [2.24, 2.45) is 0 Å². The zero-order chi connectivity index (χ0) is 29.7. The minimum atomic E-state index is -5.06. The van der Waals surface area contributed by atoms with Crippen LogP contribution in [0.1, 0.15) is 55.5 Å². The molecule has 15 heteroatoms. The van der Waals surface area contributed by atoms with Gasteiger partial charge in [0, 0.05) is 24.7 Å². The van der Waals surface area contributed by atoms with Gasteiger partial charge in [-0.1, -0.05) is 6.08 Å². The number of sulfone groups is 1. The Labute approximate surface area is 228 Å². The van der Waals surface area contributed by atoms with E-state index in [1.54, 1.807) is 0 Å². The molecule has 218 valence electrons. The number of alkyl halides is 4. The Kier molecular flexibility index (Phi) is 7.79. The Bertz CT molecular complexity index is 1610. The molecule has 1 unspecified atom stereocenters. The molecule has 1 aromatic carbocycles. The van der Waals surface area contributed by atoms with Gasteiger partial charge in [0.1, 0.15) is 5.67 Å². The van der Waals surface area contributed by atoms with Gasteiger partial charge in [-0.3, -0.25) is 9.48 Å². The highest BCUT2D eigenvalue weighted by Crippen LogP contribution is 2.40. The van der Waals surface area contributed by atoms with Crippen molar-refractivity contribution >= 4 is 25.8 Å². The maximum atomic E-state index is 14.1. The third-order valence-electron chi connectivity index (χ3n) is 7.01. The first kappa shape index (κ1) is 29.9. The van der Waals surface area contributed by atoms with Crippen molar-refractivity contribution in [3.05, 3.63) is 64.3 Å². The van der Waals surface area contributed by atoms with Gasteiger partial charge in [0.15, 0.2) is 0 Å². The van der Waals surface area contributed by atoms with Crippen LogP contribution in [0.15, 0.2) is 57.3 Å². The lowest BCUT2D eigenvalue weighted by Gasteiger charge is -2.31. The summed E-state index contributed by atoms with van der Waals surface area (Å²) in [5.41, 5.74) is -2.18. The van der Waals surface area contributed by atoms with Gasteiger partial charge in [-0.05, 0) is 56.5 Å². The van der Waals surface area contributed by atoms with Crippen molar-refractivity contribution in [3.8, 4) is 0 Å². The fourth-order valence-corrected chi connectivity index (χ4v) is 7.67. The average molecular weight is 606 g/mol. The summed E-state index contributed by atoms with van der Waals surface area (Å²) in [4.78, 5) is 8.77. The summed E-state index contributed by atoms with van der Waals surface area (Å²) in [5.74, 6) is -1.04. The summed E-state index contributed by atoms with van der Waals surface area (Å²) >= 11 is 0. The Morgan fingerprint density at radius 2 is 1.88 bits per heavy atom. The maximum Gasteiger partial charge on any atom is 0.416 e. The second-order valence-corrected chi connectivity index (χ2v) is 13.9. The lowest BCUT2D eigenvalue weighted by molar-refractivity contribution is -0.138. The van der Waals surface area contributed by atoms with Crippen LogP contribution >= 0.6 is 0 Å². The van der Waals surface area contributed by atoms with E-state index in [4.69, 9.17) is 5.11 Å². The molecule has 0 spiro atoms. The quantitative estimate of drug-likeness (QED) is 0.442. The molecule has 0 saturated carbocycles. The number of hydrogen-bond acceptors (Lipinski definition) is 6. The third-order valence-corrected chi connectivity index (χ3v) is 10.6. The van der Waals surface area contributed by atoms with E-state index in [0.29, 0.717) is 48.7 Å². The zero-order valence-corrected chi connectivity index (χ0v) is 23.2. The minimum Gasteiger partial charge on any atom is -0.481 e. The summed E-state index contributed by atoms with van der Waals surface area (Å²) in [6.45, 7) is 1.27. The van der Waals surface area contributed by atoms with Crippen molar-refractivity contribution in [2.45, 2.75) is 73.3 Å². The van der Waals surface area contributed by atoms with Gasteiger partial charge in [0.25, 0.3) is 0 Å². The number of rotatable bonds is 8. The molecule has 0 amide bonds. The number of carboxylic acids is 1. The normalized spacial score (nSPS) is 21.8. The van der Waals surface area contributed by atoms with Crippen molar-refractivity contribution < 1.29 is 44.3 Å². The van der Waals surface area contributed by atoms with E-state index in [2.05, 4.69) is 5.10 Å². The highest BCUT2D eigenvalue weighted by molar-refractivity contribution is 7.95. The molecule has 0 aliphatic heterocycles. The lowest BCUT2D eigenvalue weighted by Crippen LogP contribution is -2.33. The van der Waals surface area contributed by atoms with Crippen LogP contribution in [-0.4, -0.2) is 54.7 Å². The SMILES string of the molecule is CN([C@@H]1CCCc2c1cnn2CCC(=O)O)S(=O)(=O)c1cc(C(F)(F)F)cc(S(=O)(=O)C2=CCC(C)(F)C=C2)c1. The van der Waals surface area contributed by atoms with Gasteiger partial charge < -0.3 is 5.11 Å². The summed E-state index contributed by atoms with van der Waals surface area (Å²) < 4.78 is 112. The van der Waals surface area contributed by atoms with E-state index in [9.17, 15) is 39.2 Å². The van der Waals surface area contributed by atoms with Gasteiger partial charge >= 0.3 is 12.1 Å². The van der Waals surface area contributed by atoms with E-state index in [1.165, 1.54) is 24.9 Å². The van der Waals surface area contributed by atoms with Crippen molar-refractivity contribution in [1.29, 1.82) is 0 Å². The molecule has 2 aromatic rings. The molecular formula is C25H27F4N3O6S2. The zero-order valence-electron chi connectivity index (χ0n) is 21.5. The van der Waals surface area contributed by atoms with Crippen LogP contribution in [0, 0.1) is 0 Å². The number of nitrogens with zero attached hydrogens (tertiary/aromatic N) is 3. The summed E-state index contributed by atoms with van der Waals surface area (Å²) in [6, 6.07) is 0.591. The molecular weight excluding hydrogens is 578 g/mol. The largest absolute Gasteiger partial charge is 0.481 e. The molecule has 1 heterocycles. The van der Waals surface area contributed by atoms with E-state index in [-0.39, 0.29) is 19.4 Å². The number of halogens is 4. The first-order valence-corrected chi connectivity index (χ1v) is 15.2. The van der Waals surface area contributed by atoms with E-state index >= 15 is 0 Å². The molecule has 0 fully saturated rings. The van der Waals surface area contributed by atoms with Gasteiger partial charge in [-0.25, -0.2) is 21.2 Å². The number of aromatic nitrogens is 2. The molecule has 2 aliphatic carbocycles. The molecule has 0 saturated heterocycles. The lowest BCUT2D eigenvalue weighted by atomic mass is 9.93. The van der Waals surface area contributed by atoms with Crippen LogP contribution in [-0.2, 0) is 43.8 Å². The number of allylic oxidation sites excluding steroid dienone is 3. The van der Waals surface area contributed by atoms with E-state index < -0.39 is 64.0 Å². The van der Waals surface area contributed by atoms with Crippen LogP contribution in [0.2, 0.25) is 0 Å². The molecule has 40 heavy (non-hydrogen) atoms. The minimum absolute atomic E-state index is 0.0640. The Morgan fingerprint density at radius 1 is 1.20 bits per heavy atom. The highest BCUT2D eigenvalue weighted by Gasteiger charge is 2.39. The second kappa shape index (κ2) is 10.4. The fourth-order valence-electron chi connectivity index (χ4n) is 4.77. The molecule has 1 aromatic heterocycles. The Morgan fingerprint density at radius 3 is 2.48 bits per heavy atom. The summed E-state index contributed by atoms with van der Waals surface area (Å²) in [6.07, 6.45) is 0.124. The number of carbonyl (C=O) groups is 1. The number of aryl methyl sites for hydroxylation is 1. The van der Waals surface area contributed by atoms with Gasteiger partial charge in [-0.2, -0.15) is 22.6 Å². The smallest absolute Gasteiger partial charge is 0.416 e. The average Bonchev–Trinajstić information content (AvgIpc) is 3.29. The predicted molar refractivity (Wildman–Crippen MR) is 135 cm³/mol. The number of carboxylic acid groups (broad SMARTS) is 1. The molecule has 4 rings (SSSR count). The Balaban J connectivity index is 1.76. The van der Waals surface area contributed by atoms with Gasteiger partial charge in [-0.15, -0.1) is 0 Å². The standard InChI is InChI=1S/C25H27F4N3O6S2/c1-24(26)9-6-17(7-10-24)39(35,36)18-12-16(25(27,28)29)13-19(14-18)40(37,38)31(2)21-4-3-5-22-20(21)15-30-32(22)11-8-23(33)34/h6-7,9,12-15,21H,3-5,8,10-11H2,1-2H3,(H,33,34)/t21-,24?/m1/s1. The van der Waals surface area contributed by atoms with Crippen LogP contribution in [0.3, 0.4) is 0 Å². The van der Waals surface area contributed by atoms with Crippen LogP contribution < -0.4 is 0 Å². The Hall–Kier alpha value is -3.04. The number of sulfonamides is 1. The van der Waals surface area contributed by atoms with Crippen molar-refractivity contribution in [2.75, 3.05) is 7.05 Å². The number of hydrogen-bond donors (Lipinski definition) is 1. The highest BCUT2D eigenvalue weighted by atomic mass is 32.2. The topological polar surface area (TPSA) is 127 Å². The number of benzene rings is 1. The van der Waals surface area contributed by atoms with E-state index in [1.807, 2.05) is 0 Å². The second-order valence-electron chi connectivity index (χ2n) is 9.96. The van der Waals surface area contributed by atoms with Crippen molar-refractivity contribution in [3.63, 3.8) is 0 Å². The van der Waals surface area contributed by atoms with Gasteiger partial charge in [0.2, 0.25) is 19.9 Å².